The predicted octanol–water partition coefficient (Wildman–Crippen LogP) is -0.785. The van der Waals surface area contributed by atoms with Gasteiger partial charge in [0.1, 0.15) is 12.1 Å². The fourth-order valence-corrected chi connectivity index (χ4v) is 1.54. The van der Waals surface area contributed by atoms with E-state index in [4.69, 9.17) is 15.3 Å². The lowest BCUT2D eigenvalue weighted by Crippen LogP contribution is -2.53. The molecule has 0 fully saturated rings. The molecule has 2 atom stereocenters. The normalized spacial score (nSPS) is 13.8. The number of aliphatic carboxylic acids is 3. The molecule has 0 aliphatic heterocycles. The van der Waals surface area contributed by atoms with Crippen molar-refractivity contribution in [1.29, 1.82) is 0 Å². The number of rotatable bonds is 10. The Hall–Kier alpha value is -1.32. The van der Waals surface area contributed by atoms with Crippen LogP contribution in [0.25, 0.3) is 0 Å². The van der Waals surface area contributed by atoms with Crippen LogP contribution < -0.4 is 10.9 Å². The van der Waals surface area contributed by atoms with Gasteiger partial charge in [0.15, 0.2) is 0 Å². The second-order valence-electron chi connectivity index (χ2n) is 3.45. The number of hydrogen-bond acceptors (Lipinski definition) is 6. The predicted molar refractivity (Wildman–Crippen MR) is 64.4 cm³/mol. The molecule has 0 aliphatic rings. The minimum absolute atomic E-state index is 0.295. The van der Waals surface area contributed by atoms with Crippen LogP contribution in [0.2, 0.25) is 0 Å². The van der Waals surface area contributed by atoms with Gasteiger partial charge in [-0.3, -0.25) is 14.4 Å². The molecule has 0 amide bonds. The first-order valence-corrected chi connectivity index (χ1v) is 6.45. The lowest BCUT2D eigenvalue weighted by molar-refractivity contribution is -0.147. The van der Waals surface area contributed by atoms with Gasteiger partial charge in [-0.25, -0.2) is 10.9 Å². The SMILES string of the molecule is CSCC[C@H](NN[C@@H](CC(=O)O)C(=O)O)C(=O)O. The number of thioether (sulfide) groups is 1. The van der Waals surface area contributed by atoms with E-state index in [1.165, 1.54) is 11.8 Å². The number of carboxylic acid groups (broad SMARTS) is 3. The average Bonchev–Trinajstić information content (AvgIpc) is 2.26. The van der Waals surface area contributed by atoms with E-state index in [0.29, 0.717) is 12.2 Å². The molecule has 0 spiro atoms. The second-order valence-corrected chi connectivity index (χ2v) is 4.44. The largest absolute Gasteiger partial charge is 0.481 e. The molecule has 0 aromatic carbocycles. The van der Waals surface area contributed by atoms with Crippen LogP contribution in [0.15, 0.2) is 0 Å². The van der Waals surface area contributed by atoms with Crippen LogP contribution in [0.3, 0.4) is 0 Å². The number of hydrogen-bond donors (Lipinski definition) is 5. The molecule has 104 valence electrons. The maximum Gasteiger partial charge on any atom is 0.322 e. The number of carboxylic acids is 3. The molecular weight excluding hydrogens is 264 g/mol. The molecule has 0 unspecified atom stereocenters. The Morgan fingerprint density at radius 3 is 1.94 bits per heavy atom. The summed E-state index contributed by atoms with van der Waals surface area (Å²) in [6.07, 6.45) is 1.47. The summed E-state index contributed by atoms with van der Waals surface area (Å²) in [5, 5.41) is 26.1. The first-order chi connectivity index (χ1) is 8.38. The summed E-state index contributed by atoms with van der Waals surface area (Å²) in [4.78, 5) is 32.0. The summed E-state index contributed by atoms with van der Waals surface area (Å²) < 4.78 is 0. The van der Waals surface area contributed by atoms with Crippen LogP contribution in [0.5, 0.6) is 0 Å². The molecule has 5 N–H and O–H groups in total. The van der Waals surface area contributed by atoms with Gasteiger partial charge < -0.3 is 15.3 Å². The Kier molecular flexibility index (Phi) is 8.08. The van der Waals surface area contributed by atoms with Crippen LogP contribution >= 0.6 is 11.8 Å². The highest BCUT2D eigenvalue weighted by molar-refractivity contribution is 7.98. The molecule has 0 saturated carbocycles. The molecule has 0 saturated heterocycles. The minimum Gasteiger partial charge on any atom is -0.481 e. The van der Waals surface area contributed by atoms with Crippen molar-refractivity contribution >= 4 is 29.7 Å². The first kappa shape index (κ1) is 16.7. The molecule has 0 aromatic rings. The summed E-state index contributed by atoms with van der Waals surface area (Å²) in [6.45, 7) is 0. The second kappa shape index (κ2) is 8.72. The topological polar surface area (TPSA) is 136 Å². The molecular formula is C9H16N2O6S. The van der Waals surface area contributed by atoms with Crippen LogP contribution in [0.4, 0.5) is 0 Å². The van der Waals surface area contributed by atoms with E-state index in [1.807, 2.05) is 6.26 Å². The lowest BCUT2D eigenvalue weighted by atomic mass is 10.2. The van der Waals surface area contributed by atoms with Crippen molar-refractivity contribution in [2.75, 3.05) is 12.0 Å². The highest BCUT2D eigenvalue weighted by Crippen LogP contribution is 2.01. The van der Waals surface area contributed by atoms with E-state index >= 15 is 0 Å². The quantitative estimate of drug-likeness (QED) is 0.326. The van der Waals surface area contributed by atoms with E-state index in [0.717, 1.165) is 0 Å². The van der Waals surface area contributed by atoms with Crippen molar-refractivity contribution in [2.24, 2.45) is 0 Å². The molecule has 9 heteroatoms. The summed E-state index contributed by atoms with van der Waals surface area (Å²) >= 11 is 1.46. The number of hydrazine groups is 1. The Labute approximate surface area is 108 Å². The summed E-state index contributed by atoms with van der Waals surface area (Å²) in [6, 6.07) is -2.34. The third-order valence-corrected chi connectivity index (χ3v) is 2.66. The van der Waals surface area contributed by atoms with Crippen LogP contribution in [-0.4, -0.2) is 57.3 Å². The van der Waals surface area contributed by atoms with E-state index in [9.17, 15) is 14.4 Å². The maximum atomic E-state index is 10.8. The smallest absolute Gasteiger partial charge is 0.322 e. The van der Waals surface area contributed by atoms with Crippen molar-refractivity contribution in [3.63, 3.8) is 0 Å². The van der Waals surface area contributed by atoms with Crippen molar-refractivity contribution < 1.29 is 29.7 Å². The summed E-state index contributed by atoms with van der Waals surface area (Å²) in [5.74, 6) is -3.19. The molecule has 0 aromatic heterocycles. The van der Waals surface area contributed by atoms with Crippen molar-refractivity contribution in [3.05, 3.63) is 0 Å². The lowest BCUT2D eigenvalue weighted by Gasteiger charge is -2.18. The molecule has 8 nitrogen and oxygen atoms in total. The Balaban J connectivity index is 4.31. The molecule has 0 heterocycles. The van der Waals surface area contributed by atoms with Gasteiger partial charge in [-0.2, -0.15) is 11.8 Å². The van der Waals surface area contributed by atoms with E-state index in [2.05, 4.69) is 10.9 Å². The van der Waals surface area contributed by atoms with E-state index in [-0.39, 0.29) is 0 Å². The van der Waals surface area contributed by atoms with Crippen molar-refractivity contribution in [3.8, 4) is 0 Å². The monoisotopic (exact) mass is 280 g/mol. The third kappa shape index (κ3) is 7.09. The van der Waals surface area contributed by atoms with E-state index in [1.54, 1.807) is 0 Å². The Morgan fingerprint density at radius 2 is 1.56 bits per heavy atom. The minimum atomic E-state index is -1.38. The van der Waals surface area contributed by atoms with Gasteiger partial charge in [0.2, 0.25) is 0 Å². The molecule has 0 bridgehead atoms. The van der Waals surface area contributed by atoms with Gasteiger partial charge in [-0.15, -0.1) is 0 Å². The number of carbonyl (C=O) groups is 3. The van der Waals surface area contributed by atoms with Gasteiger partial charge in [-0.1, -0.05) is 0 Å². The van der Waals surface area contributed by atoms with Crippen molar-refractivity contribution in [2.45, 2.75) is 24.9 Å². The molecule has 0 radical (unpaired) electrons. The van der Waals surface area contributed by atoms with Gasteiger partial charge in [-0.05, 0) is 18.4 Å². The van der Waals surface area contributed by atoms with Gasteiger partial charge in [0, 0.05) is 0 Å². The van der Waals surface area contributed by atoms with Crippen LogP contribution in [-0.2, 0) is 14.4 Å². The first-order valence-electron chi connectivity index (χ1n) is 5.05. The third-order valence-electron chi connectivity index (χ3n) is 2.02. The molecule has 18 heavy (non-hydrogen) atoms. The van der Waals surface area contributed by atoms with E-state index < -0.39 is 36.4 Å². The zero-order valence-corrected chi connectivity index (χ0v) is 10.6. The molecule has 0 aliphatic carbocycles. The zero-order valence-electron chi connectivity index (χ0n) is 9.75. The molecule has 0 rings (SSSR count). The van der Waals surface area contributed by atoms with Crippen LogP contribution in [0, 0.1) is 0 Å². The fourth-order valence-electron chi connectivity index (χ4n) is 1.07. The van der Waals surface area contributed by atoms with Gasteiger partial charge in [0.25, 0.3) is 0 Å². The van der Waals surface area contributed by atoms with Crippen LogP contribution in [0.1, 0.15) is 12.8 Å². The fraction of sp³-hybridized carbons (Fsp3) is 0.667. The standard InChI is InChI=1S/C9H16N2O6S/c1-18-3-2-5(8(14)15)10-11-6(9(16)17)4-7(12)13/h5-6,10-11H,2-4H2,1H3,(H,12,13)(H,14,15)(H,16,17)/t5-,6-/m0/s1. The Morgan fingerprint density at radius 1 is 1.06 bits per heavy atom. The maximum absolute atomic E-state index is 10.8. The summed E-state index contributed by atoms with van der Waals surface area (Å²) in [7, 11) is 0. The van der Waals surface area contributed by atoms with Crippen molar-refractivity contribution in [1.82, 2.24) is 10.9 Å². The number of nitrogens with one attached hydrogen (secondary N) is 2. The highest BCUT2D eigenvalue weighted by Gasteiger charge is 2.23. The average molecular weight is 280 g/mol. The Bertz CT molecular complexity index is 311. The summed E-state index contributed by atoms with van der Waals surface area (Å²) in [5.41, 5.74) is 4.55. The highest BCUT2D eigenvalue weighted by atomic mass is 32.2. The van der Waals surface area contributed by atoms with Gasteiger partial charge in [0.05, 0.1) is 6.42 Å². The van der Waals surface area contributed by atoms with Gasteiger partial charge >= 0.3 is 17.9 Å². The zero-order chi connectivity index (χ0) is 14.1.